The molecule has 0 atom stereocenters. The highest BCUT2D eigenvalue weighted by Crippen LogP contribution is 2.34. The standard InChI is InChI=1S/C14H7Cl2F3N2O3/c15-10-6-8(21(23)24)2-3-9(10)13(22)20-12-4-1-7(5-11(12)16)14(17,18)19/h1-6H,(H,20,22). The van der Waals surface area contributed by atoms with Crippen LogP contribution in [0, 0.1) is 10.1 Å². The molecule has 1 amide bonds. The Kier molecular flexibility index (Phi) is 5.00. The summed E-state index contributed by atoms with van der Waals surface area (Å²) in [6, 6.07) is 5.64. The summed E-state index contributed by atoms with van der Waals surface area (Å²) in [5.74, 6) is -0.767. The lowest BCUT2D eigenvalue weighted by atomic mass is 10.1. The van der Waals surface area contributed by atoms with E-state index in [2.05, 4.69) is 5.32 Å². The molecule has 0 saturated carbocycles. The van der Waals surface area contributed by atoms with Crippen molar-refractivity contribution in [3.05, 3.63) is 67.7 Å². The van der Waals surface area contributed by atoms with Crippen molar-refractivity contribution in [3.8, 4) is 0 Å². The van der Waals surface area contributed by atoms with E-state index in [-0.39, 0.29) is 27.0 Å². The molecule has 0 heterocycles. The van der Waals surface area contributed by atoms with E-state index in [1.54, 1.807) is 0 Å². The van der Waals surface area contributed by atoms with Gasteiger partial charge in [0.1, 0.15) is 0 Å². The van der Waals surface area contributed by atoms with Gasteiger partial charge < -0.3 is 5.32 Å². The first-order chi connectivity index (χ1) is 11.1. The van der Waals surface area contributed by atoms with Crippen molar-refractivity contribution in [2.75, 3.05) is 5.32 Å². The van der Waals surface area contributed by atoms with E-state index in [0.717, 1.165) is 30.3 Å². The van der Waals surface area contributed by atoms with E-state index in [1.165, 1.54) is 0 Å². The number of nitrogens with zero attached hydrogens (tertiary/aromatic N) is 1. The van der Waals surface area contributed by atoms with Gasteiger partial charge in [-0.3, -0.25) is 14.9 Å². The Morgan fingerprint density at radius 2 is 1.75 bits per heavy atom. The first-order valence-electron chi connectivity index (χ1n) is 6.21. The van der Waals surface area contributed by atoms with Crippen LogP contribution in [0.5, 0.6) is 0 Å². The van der Waals surface area contributed by atoms with Gasteiger partial charge in [-0.1, -0.05) is 23.2 Å². The summed E-state index contributed by atoms with van der Waals surface area (Å²) < 4.78 is 37.7. The summed E-state index contributed by atoms with van der Waals surface area (Å²) >= 11 is 11.5. The number of carbonyl (C=O) groups is 1. The molecular formula is C14H7Cl2F3N2O3. The van der Waals surface area contributed by atoms with E-state index in [4.69, 9.17) is 23.2 Å². The molecule has 1 N–H and O–H groups in total. The minimum Gasteiger partial charge on any atom is -0.321 e. The van der Waals surface area contributed by atoms with Gasteiger partial charge in [-0.15, -0.1) is 0 Å². The van der Waals surface area contributed by atoms with Crippen molar-refractivity contribution < 1.29 is 22.9 Å². The van der Waals surface area contributed by atoms with Crippen molar-refractivity contribution in [1.82, 2.24) is 0 Å². The number of halogens is 5. The largest absolute Gasteiger partial charge is 0.416 e. The van der Waals surface area contributed by atoms with Gasteiger partial charge in [0.15, 0.2) is 0 Å². The second-order valence-electron chi connectivity index (χ2n) is 4.57. The highest BCUT2D eigenvalue weighted by Gasteiger charge is 2.31. The van der Waals surface area contributed by atoms with Crippen LogP contribution >= 0.6 is 23.2 Å². The van der Waals surface area contributed by atoms with Crippen LogP contribution in [-0.2, 0) is 6.18 Å². The van der Waals surface area contributed by atoms with Gasteiger partial charge in [0, 0.05) is 12.1 Å². The van der Waals surface area contributed by atoms with E-state index >= 15 is 0 Å². The van der Waals surface area contributed by atoms with Gasteiger partial charge in [-0.25, -0.2) is 0 Å². The molecule has 0 aromatic heterocycles. The monoisotopic (exact) mass is 378 g/mol. The number of amides is 1. The molecule has 0 unspecified atom stereocenters. The minimum absolute atomic E-state index is 0.0518. The molecule has 0 fully saturated rings. The Morgan fingerprint density at radius 1 is 1.08 bits per heavy atom. The van der Waals surface area contributed by atoms with Crippen LogP contribution in [0.1, 0.15) is 15.9 Å². The number of anilines is 1. The molecule has 5 nitrogen and oxygen atoms in total. The summed E-state index contributed by atoms with van der Waals surface area (Å²) in [6.45, 7) is 0. The first kappa shape index (κ1) is 18.0. The predicted molar refractivity (Wildman–Crippen MR) is 82.5 cm³/mol. The predicted octanol–water partition coefficient (Wildman–Crippen LogP) is 5.17. The number of carbonyl (C=O) groups excluding carboxylic acids is 1. The van der Waals surface area contributed by atoms with Crippen LogP contribution in [0.15, 0.2) is 36.4 Å². The normalized spacial score (nSPS) is 11.2. The Labute approximate surface area is 143 Å². The lowest BCUT2D eigenvalue weighted by Gasteiger charge is -2.11. The van der Waals surface area contributed by atoms with Gasteiger partial charge >= 0.3 is 6.18 Å². The van der Waals surface area contributed by atoms with Crippen molar-refractivity contribution >= 4 is 40.5 Å². The topological polar surface area (TPSA) is 72.2 Å². The van der Waals surface area contributed by atoms with Crippen LogP contribution in [0.2, 0.25) is 10.0 Å². The van der Waals surface area contributed by atoms with Crippen molar-refractivity contribution in [2.24, 2.45) is 0 Å². The van der Waals surface area contributed by atoms with Crippen LogP contribution in [0.4, 0.5) is 24.5 Å². The van der Waals surface area contributed by atoms with Gasteiger partial charge in [-0.05, 0) is 24.3 Å². The molecule has 126 valence electrons. The fourth-order valence-corrected chi connectivity index (χ4v) is 2.27. The second kappa shape index (κ2) is 6.66. The Hall–Kier alpha value is -2.32. The van der Waals surface area contributed by atoms with Crippen LogP contribution < -0.4 is 5.32 Å². The number of benzene rings is 2. The molecule has 0 radical (unpaired) electrons. The third-order valence-corrected chi connectivity index (χ3v) is 3.58. The summed E-state index contributed by atoms with van der Waals surface area (Å²) in [4.78, 5) is 22.0. The molecule has 0 aliphatic heterocycles. The number of alkyl halides is 3. The zero-order chi connectivity index (χ0) is 18.1. The number of rotatable bonds is 3. The maximum absolute atomic E-state index is 12.6. The Balaban J connectivity index is 2.26. The second-order valence-corrected chi connectivity index (χ2v) is 5.38. The zero-order valence-electron chi connectivity index (χ0n) is 11.5. The first-order valence-corrected chi connectivity index (χ1v) is 6.97. The van der Waals surface area contributed by atoms with Crippen molar-refractivity contribution in [1.29, 1.82) is 0 Å². The van der Waals surface area contributed by atoms with E-state index in [1.807, 2.05) is 0 Å². The van der Waals surface area contributed by atoms with Gasteiger partial charge in [-0.2, -0.15) is 13.2 Å². The van der Waals surface area contributed by atoms with Gasteiger partial charge in [0.25, 0.3) is 11.6 Å². The Morgan fingerprint density at radius 3 is 2.25 bits per heavy atom. The average Bonchev–Trinajstić information content (AvgIpc) is 2.47. The number of nitro benzene ring substituents is 1. The molecule has 2 rings (SSSR count). The number of non-ortho nitro benzene ring substituents is 1. The fourth-order valence-electron chi connectivity index (χ4n) is 1.78. The molecule has 0 saturated heterocycles. The summed E-state index contributed by atoms with van der Waals surface area (Å²) in [5.41, 5.74) is -1.40. The van der Waals surface area contributed by atoms with Crippen LogP contribution in [0.3, 0.4) is 0 Å². The lowest BCUT2D eigenvalue weighted by molar-refractivity contribution is -0.384. The Bertz CT molecular complexity index is 825. The third kappa shape index (κ3) is 3.95. The summed E-state index contributed by atoms with van der Waals surface area (Å²) in [5, 5.41) is 12.4. The lowest BCUT2D eigenvalue weighted by Crippen LogP contribution is -2.13. The molecule has 10 heteroatoms. The highest BCUT2D eigenvalue weighted by atomic mass is 35.5. The van der Waals surface area contributed by atoms with Crippen molar-refractivity contribution in [3.63, 3.8) is 0 Å². The molecule has 2 aromatic carbocycles. The average molecular weight is 379 g/mol. The van der Waals surface area contributed by atoms with E-state index in [0.29, 0.717) is 6.07 Å². The number of hydrogen-bond acceptors (Lipinski definition) is 3. The molecule has 0 aliphatic rings. The molecule has 2 aromatic rings. The maximum Gasteiger partial charge on any atom is 0.416 e. The summed E-state index contributed by atoms with van der Waals surface area (Å²) in [6.07, 6.45) is -4.56. The minimum atomic E-state index is -4.56. The van der Waals surface area contributed by atoms with E-state index < -0.39 is 22.6 Å². The highest BCUT2D eigenvalue weighted by molar-refractivity contribution is 6.36. The molecule has 24 heavy (non-hydrogen) atoms. The number of nitro groups is 1. The number of nitrogens with one attached hydrogen (secondary N) is 1. The molecule has 0 aliphatic carbocycles. The van der Waals surface area contributed by atoms with Crippen LogP contribution in [-0.4, -0.2) is 10.8 Å². The fraction of sp³-hybridized carbons (Fsp3) is 0.0714. The molecule has 0 spiro atoms. The maximum atomic E-state index is 12.6. The zero-order valence-corrected chi connectivity index (χ0v) is 13.0. The smallest absolute Gasteiger partial charge is 0.321 e. The summed E-state index contributed by atoms with van der Waals surface area (Å²) in [7, 11) is 0. The van der Waals surface area contributed by atoms with Crippen LogP contribution in [0.25, 0.3) is 0 Å². The van der Waals surface area contributed by atoms with Gasteiger partial charge in [0.2, 0.25) is 0 Å². The molecular weight excluding hydrogens is 372 g/mol. The SMILES string of the molecule is O=C(Nc1ccc(C(F)(F)F)cc1Cl)c1ccc([N+](=O)[O-])cc1Cl. The van der Waals surface area contributed by atoms with E-state index in [9.17, 15) is 28.1 Å². The quantitative estimate of drug-likeness (QED) is 0.591. The molecule has 0 bridgehead atoms. The van der Waals surface area contributed by atoms with Crippen molar-refractivity contribution in [2.45, 2.75) is 6.18 Å². The third-order valence-electron chi connectivity index (χ3n) is 2.95. The van der Waals surface area contributed by atoms with Gasteiger partial charge in [0.05, 0.1) is 31.8 Å². The number of hydrogen-bond donors (Lipinski definition) is 1.